The van der Waals surface area contributed by atoms with E-state index in [2.05, 4.69) is 4.74 Å². The molecule has 1 aliphatic heterocycles. The number of piperidine rings is 1. The van der Waals surface area contributed by atoms with Crippen LogP contribution in [0.25, 0.3) is 0 Å². The number of aliphatic carboxylic acids is 1. The molecule has 1 N–H and O–H groups in total. The summed E-state index contributed by atoms with van der Waals surface area (Å²) in [4.78, 5) is 22.3. The monoisotopic (exact) mass is 307 g/mol. The van der Waals surface area contributed by atoms with Crippen LogP contribution in [0.2, 0.25) is 0 Å². The van der Waals surface area contributed by atoms with Gasteiger partial charge in [-0.15, -0.1) is 0 Å². The fourth-order valence-electron chi connectivity index (χ4n) is 2.05. The van der Waals surface area contributed by atoms with Crippen molar-refractivity contribution in [2.45, 2.75) is 33.1 Å². The Hall–Kier alpha value is -1.15. The average molecular weight is 307 g/mol. The number of rotatable bonds is 6. The Morgan fingerprint density at radius 2 is 1.85 bits per heavy atom. The summed E-state index contributed by atoms with van der Waals surface area (Å²) >= 11 is 0. The molecular weight excluding hydrogens is 286 g/mol. The molecule has 0 saturated carbocycles. The second-order valence-electron chi connectivity index (χ2n) is 5.14. The minimum absolute atomic E-state index is 0.175. The highest BCUT2D eigenvalue weighted by Gasteiger charge is 2.39. The molecule has 0 amide bonds. The van der Waals surface area contributed by atoms with Crippen LogP contribution in [-0.2, 0) is 24.3 Å². The Morgan fingerprint density at radius 1 is 1.30 bits per heavy atom. The van der Waals surface area contributed by atoms with Crippen LogP contribution in [0.15, 0.2) is 0 Å². The van der Waals surface area contributed by atoms with Gasteiger partial charge in [0.25, 0.3) is 0 Å². The third-order valence-electron chi connectivity index (χ3n) is 3.61. The first-order valence-electron chi connectivity index (χ1n) is 6.58. The Balaban J connectivity index is 2.55. The second-order valence-corrected chi connectivity index (χ2v) is 7.22. The van der Waals surface area contributed by atoms with Gasteiger partial charge in [-0.25, -0.2) is 12.7 Å². The summed E-state index contributed by atoms with van der Waals surface area (Å²) in [5.74, 6) is -1.74. The third kappa shape index (κ3) is 4.17. The number of sulfonamides is 1. The molecule has 0 atom stereocenters. The SMILES string of the molecule is CCOC(=O)CCS(=O)(=O)N1CCC(C)(C(=O)O)CC1. The molecule has 8 heteroatoms. The quantitative estimate of drug-likeness (QED) is 0.715. The van der Waals surface area contributed by atoms with E-state index in [1.165, 1.54) is 4.31 Å². The van der Waals surface area contributed by atoms with E-state index in [0.717, 1.165) is 0 Å². The topological polar surface area (TPSA) is 101 Å². The Bertz CT molecular complexity index is 464. The van der Waals surface area contributed by atoms with E-state index in [4.69, 9.17) is 5.11 Å². The molecule has 0 aliphatic carbocycles. The predicted octanol–water partition coefficient (Wildman–Crippen LogP) is 0.456. The summed E-state index contributed by atoms with van der Waals surface area (Å²) in [5.41, 5.74) is -0.868. The maximum atomic E-state index is 12.0. The van der Waals surface area contributed by atoms with E-state index in [1.807, 2.05) is 0 Å². The molecule has 20 heavy (non-hydrogen) atoms. The van der Waals surface area contributed by atoms with E-state index in [0.29, 0.717) is 0 Å². The van der Waals surface area contributed by atoms with Crippen molar-refractivity contribution in [3.63, 3.8) is 0 Å². The van der Waals surface area contributed by atoms with Crippen molar-refractivity contribution in [3.8, 4) is 0 Å². The van der Waals surface area contributed by atoms with Gasteiger partial charge in [0.1, 0.15) is 0 Å². The van der Waals surface area contributed by atoms with Crippen LogP contribution in [0.1, 0.15) is 33.1 Å². The summed E-state index contributed by atoms with van der Waals surface area (Å²) in [5, 5.41) is 9.09. The fraction of sp³-hybridized carbons (Fsp3) is 0.833. The van der Waals surface area contributed by atoms with Crippen LogP contribution >= 0.6 is 0 Å². The molecule has 0 radical (unpaired) electrons. The first-order valence-corrected chi connectivity index (χ1v) is 8.19. The van der Waals surface area contributed by atoms with E-state index < -0.39 is 27.4 Å². The van der Waals surface area contributed by atoms with Crippen LogP contribution in [0.3, 0.4) is 0 Å². The molecule has 0 spiro atoms. The number of carboxylic acid groups (broad SMARTS) is 1. The van der Waals surface area contributed by atoms with Crippen LogP contribution in [0.4, 0.5) is 0 Å². The van der Waals surface area contributed by atoms with E-state index in [1.54, 1.807) is 13.8 Å². The summed E-state index contributed by atoms with van der Waals surface area (Å²) in [6.07, 6.45) is 0.380. The molecule has 0 bridgehead atoms. The van der Waals surface area contributed by atoms with Crippen LogP contribution in [-0.4, -0.2) is 55.2 Å². The van der Waals surface area contributed by atoms with Gasteiger partial charge < -0.3 is 9.84 Å². The number of hydrogen-bond donors (Lipinski definition) is 1. The summed E-state index contributed by atoms with van der Waals surface area (Å²) in [6, 6.07) is 0. The number of carbonyl (C=O) groups excluding carboxylic acids is 1. The maximum Gasteiger partial charge on any atom is 0.309 e. The molecular formula is C12H21NO6S. The van der Waals surface area contributed by atoms with Gasteiger partial charge in [0.2, 0.25) is 10.0 Å². The number of carbonyl (C=O) groups is 2. The Kier molecular flexibility index (Phi) is 5.52. The van der Waals surface area contributed by atoms with Gasteiger partial charge in [-0.1, -0.05) is 0 Å². The molecule has 0 aromatic rings. The smallest absolute Gasteiger partial charge is 0.309 e. The van der Waals surface area contributed by atoms with E-state index >= 15 is 0 Å². The van der Waals surface area contributed by atoms with Gasteiger partial charge in [0.05, 0.1) is 24.2 Å². The highest BCUT2D eigenvalue weighted by molar-refractivity contribution is 7.89. The Morgan fingerprint density at radius 3 is 2.30 bits per heavy atom. The maximum absolute atomic E-state index is 12.0. The molecule has 1 heterocycles. The number of esters is 1. The summed E-state index contributed by atoms with van der Waals surface area (Å²) in [6.45, 7) is 3.85. The van der Waals surface area contributed by atoms with Crippen molar-refractivity contribution in [3.05, 3.63) is 0 Å². The Labute approximate surface area is 118 Å². The van der Waals surface area contributed by atoms with Crippen molar-refractivity contribution in [1.82, 2.24) is 4.31 Å². The molecule has 0 aromatic carbocycles. The lowest BCUT2D eigenvalue weighted by Crippen LogP contribution is -2.45. The standard InChI is InChI=1S/C12H21NO6S/c1-3-19-10(14)4-9-20(17,18)13-7-5-12(2,6-8-13)11(15)16/h3-9H2,1-2H3,(H,15,16). The lowest BCUT2D eigenvalue weighted by atomic mass is 9.81. The number of nitrogens with zero attached hydrogens (tertiary/aromatic N) is 1. The molecule has 0 aromatic heterocycles. The molecule has 1 fully saturated rings. The summed E-state index contributed by atoms with van der Waals surface area (Å²) in [7, 11) is -3.53. The van der Waals surface area contributed by atoms with Crippen LogP contribution in [0, 0.1) is 5.41 Å². The minimum atomic E-state index is -3.53. The zero-order valence-electron chi connectivity index (χ0n) is 11.8. The number of ether oxygens (including phenoxy) is 1. The van der Waals surface area contributed by atoms with Crippen LogP contribution < -0.4 is 0 Å². The second kappa shape index (κ2) is 6.53. The highest BCUT2D eigenvalue weighted by Crippen LogP contribution is 2.32. The molecule has 1 aliphatic rings. The van der Waals surface area contributed by atoms with Crippen molar-refractivity contribution in [2.75, 3.05) is 25.4 Å². The van der Waals surface area contributed by atoms with Gasteiger partial charge >= 0.3 is 11.9 Å². The third-order valence-corrected chi connectivity index (χ3v) is 5.48. The van der Waals surface area contributed by atoms with E-state index in [9.17, 15) is 18.0 Å². The van der Waals surface area contributed by atoms with Gasteiger partial charge in [-0.2, -0.15) is 0 Å². The van der Waals surface area contributed by atoms with Crippen molar-refractivity contribution in [1.29, 1.82) is 0 Å². The van der Waals surface area contributed by atoms with Crippen molar-refractivity contribution >= 4 is 22.0 Å². The molecule has 0 unspecified atom stereocenters. The first kappa shape index (κ1) is 16.9. The lowest BCUT2D eigenvalue weighted by Gasteiger charge is -2.35. The zero-order chi connectivity index (χ0) is 15.4. The van der Waals surface area contributed by atoms with Crippen molar-refractivity contribution < 1.29 is 27.9 Å². The van der Waals surface area contributed by atoms with E-state index in [-0.39, 0.29) is 44.7 Å². The highest BCUT2D eigenvalue weighted by atomic mass is 32.2. The molecule has 116 valence electrons. The van der Waals surface area contributed by atoms with Gasteiger partial charge in [-0.3, -0.25) is 9.59 Å². The average Bonchev–Trinajstić information content (AvgIpc) is 2.37. The van der Waals surface area contributed by atoms with Crippen LogP contribution in [0.5, 0.6) is 0 Å². The molecule has 1 rings (SSSR count). The summed E-state index contributed by atoms with van der Waals surface area (Å²) < 4.78 is 30.0. The normalized spacial score (nSPS) is 19.5. The fourth-order valence-corrected chi connectivity index (χ4v) is 3.47. The number of hydrogen-bond acceptors (Lipinski definition) is 5. The number of carboxylic acids is 1. The lowest BCUT2D eigenvalue weighted by molar-refractivity contribution is -0.150. The predicted molar refractivity (Wildman–Crippen MR) is 71.6 cm³/mol. The van der Waals surface area contributed by atoms with Gasteiger partial charge in [0, 0.05) is 13.1 Å². The van der Waals surface area contributed by atoms with Gasteiger partial charge in [0.15, 0.2) is 0 Å². The first-order chi connectivity index (χ1) is 9.21. The van der Waals surface area contributed by atoms with Gasteiger partial charge in [-0.05, 0) is 26.7 Å². The van der Waals surface area contributed by atoms with Crippen molar-refractivity contribution in [2.24, 2.45) is 5.41 Å². The largest absolute Gasteiger partial charge is 0.481 e. The molecule has 7 nitrogen and oxygen atoms in total. The minimum Gasteiger partial charge on any atom is -0.481 e. The molecule has 1 saturated heterocycles. The zero-order valence-corrected chi connectivity index (χ0v) is 12.6.